The van der Waals surface area contributed by atoms with Gasteiger partial charge in [0.1, 0.15) is 12.4 Å². The Morgan fingerprint density at radius 1 is 1.00 bits per heavy atom. The van der Waals surface area contributed by atoms with E-state index in [-0.39, 0.29) is 19.5 Å². The maximum atomic E-state index is 12.9. The molecule has 0 spiro atoms. The van der Waals surface area contributed by atoms with Crippen molar-refractivity contribution in [3.63, 3.8) is 0 Å². The molecular weight excluding hydrogens is 343 g/mol. The number of methoxy groups -OCH3 is 1. The minimum absolute atomic E-state index is 0.0814. The number of hydrogen-bond acceptors (Lipinski definition) is 3. The molecule has 0 aliphatic carbocycles. The third-order valence-electron chi connectivity index (χ3n) is 4.29. The van der Waals surface area contributed by atoms with Crippen molar-refractivity contribution in [1.29, 1.82) is 0 Å². The zero-order valence-corrected chi connectivity index (χ0v) is 17.6. The summed E-state index contributed by atoms with van der Waals surface area (Å²) in [5, 5.41) is 1.02. The quantitative estimate of drug-likeness (QED) is 0.519. The Bertz CT molecular complexity index is 735. The molecule has 0 aromatic heterocycles. The average Bonchev–Trinajstić information content (AvgIpc) is 2.55. The Hall–Kier alpha value is -1.70. The van der Waals surface area contributed by atoms with E-state index >= 15 is 0 Å². The molecule has 2 aromatic rings. The van der Waals surface area contributed by atoms with Crippen molar-refractivity contribution in [2.24, 2.45) is 0 Å². The molecule has 0 saturated carbocycles. The molecule has 2 aromatic carbocycles. The fraction of sp³-hybridized carbons (Fsp3) is 0.409. The molecule has 0 saturated heterocycles. The maximum Gasteiger partial charge on any atom is 0.186 e. The number of carbonyl (C=O) groups is 1. The fourth-order valence-corrected chi connectivity index (χ4v) is 3.94. The van der Waals surface area contributed by atoms with Crippen LogP contribution in [0.1, 0.15) is 47.8 Å². The van der Waals surface area contributed by atoms with Crippen LogP contribution in [0.15, 0.2) is 36.4 Å². The highest BCUT2D eigenvalue weighted by Crippen LogP contribution is 2.30. The van der Waals surface area contributed by atoms with Gasteiger partial charge in [-0.1, -0.05) is 45.0 Å². The summed E-state index contributed by atoms with van der Waals surface area (Å²) >= 11 is 0. The van der Waals surface area contributed by atoms with Crippen molar-refractivity contribution < 1.29 is 14.3 Å². The monoisotopic (exact) mass is 372 g/mol. The number of carbonyl (C=O) groups excluding carboxylic acids is 1. The van der Waals surface area contributed by atoms with Crippen LogP contribution in [-0.4, -0.2) is 25.8 Å². The summed E-state index contributed by atoms with van der Waals surface area (Å²) in [6.45, 7) is 11.7. The molecule has 0 N–H and O–H groups in total. The number of rotatable bonds is 7. The van der Waals surface area contributed by atoms with E-state index in [9.17, 15) is 4.79 Å². The zero-order chi connectivity index (χ0) is 19.3. The number of aryl methyl sites for hydroxylation is 2. The third-order valence-corrected chi connectivity index (χ3v) is 5.39. The summed E-state index contributed by atoms with van der Waals surface area (Å²) in [5.74, 6) is 0.796. The molecule has 2 rings (SSSR count). The van der Waals surface area contributed by atoms with E-state index < -0.39 is 0 Å². The summed E-state index contributed by atoms with van der Waals surface area (Å²) in [6, 6.07) is 12.1. The predicted octanol–water partition coefficient (Wildman–Crippen LogP) is 4.77. The van der Waals surface area contributed by atoms with E-state index in [1.54, 1.807) is 7.11 Å². The lowest BCUT2D eigenvalue weighted by Crippen LogP contribution is -2.13. The SMILES string of the molecule is COCCOc1ccc(PC(=O)c2c(C)cc(C(C)(C)C)cc2C)cc1. The van der Waals surface area contributed by atoms with Gasteiger partial charge in [0.05, 0.1) is 6.61 Å². The molecule has 0 heterocycles. The van der Waals surface area contributed by atoms with Crippen molar-refractivity contribution in [1.82, 2.24) is 0 Å². The van der Waals surface area contributed by atoms with Crippen molar-refractivity contribution in [3.8, 4) is 5.75 Å². The number of ether oxygens (including phenoxy) is 2. The van der Waals surface area contributed by atoms with Gasteiger partial charge in [-0.25, -0.2) is 0 Å². The van der Waals surface area contributed by atoms with E-state index in [1.807, 2.05) is 38.1 Å². The average molecular weight is 372 g/mol. The fourth-order valence-electron chi connectivity index (χ4n) is 2.83. The van der Waals surface area contributed by atoms with Gasteiger partial charge in [0.15, 0.2) is 5.52 Å². The Morgan fingerprint density at radius 2 is 1.58 bits per heavy atom. The van der Waals surface area contributed by atoms with Crippen molar-refractivity contribution >= 4 is 19.4 Å². The molecule has 0 aliphatic rings. The molecule has 4 heteroatoms. The summed E-state index contributed by atoms with van der Waals surface area (Å²) in [6.07, 6.45) is 0. The second-order valence-corrected chi connectivity index (χ2v) is 8.84. The predicted molar refractivity (Wildman–Crippen MR) is 111 cm³/mol. The standard InChI is InChI=1S/C22H29O3P/c1-15-13-17(22(3,4)5)14-16(2)20(15)21(23)26-19-9-7-18(8-10-19)25-12-11-24-6/h7-10,13-14,26H,11-12H2,1-6H3. The van der Waals surface area contributed by atoms with Crippen LogP contribution in [0.2, 0.25) is 0 Å². The van der Waals surface area contributed by atoms with Gasteiger partial charge in [0.25, 0.3) is 0 Å². The van der Waals surface area contributed by atoms with Crippen LogP contribution < -0.4 is 10.0 Å². The lowest BCUT2D eigenvalue weighted by atomic mass is 9.84. The van der Waals surface area contributed by atoms with Crippen LogP contribution in [-0.2, 0) is 10.2 Å². The van der Waals surface area contributed by atoms with Crippen LogP contribution in [0.5, 0.6) is 5.75 Å². The number of benzene rings is 2. The topological polar surface area (TPSA) is 35.5 Å². The first-order chi connectivity index (χ1) is 12.2. The molecule has 140 valence electrons. The first-order valence-corrected chi connectivity index (χ1v) is 9.87. The van der Waals surface area contributed by atoms with E-state index in [2.05, 4.69) is 32.9 Å². The highest BCUT2D eigenvalue weighted by molar-refractivity contribution is 7.66. The van der Waals surface area contributed by atoms with Gasteiger partial charge >= 0.3 is 0 Å². The normalized spacial score (nSPS) is 11.9. The Labute approximate surface area is 158 Å². The van der Waals surface area contributed by atoms with Gasteiger partial charge in [-0.3, -0.25) is 4.79 Å². The second kappa shape index (κ2) is 8.79. The third kappa shape index (κ3) is 5.40. The highest BCUT2D eigenvalue weighted by Gasteiger charge is 2.19. The molecule has 26 heavy (non-hydrogen) atoms. The lowest BCUT2D eigenvalue weighted by molar-refractivity contribution is 0.108. The molecule has 0 fully saturated rings. The smallest absolute Gasteiger partial charge is 0.186 e. The van der Waals surface area contributed by atoms with Gasteiger partial charge in [-0.15, -0.1) is 0 Å². The first-order valence-electron chi connectivity index (χ1n) is 8.87. The van der Waals surface area contributed by atoms with E-state index in [4.69, 9.17) is 9.47 Å². The van der Waals surface area contributed by atoms with Gasteiger partial charge in [-0.2, -0.15) is 0 Å². The van der Waals surface area contributed by atoms with E-state index in [1.165, 1.54) is 5.56 Å². The van der Waals surface area contributed by atoms with Crippen molar-refractivity contribution in [2.75, 3.05) is 20.3 Å². The van der Waals surface area contributed by atoms with Crippen LogP contribution in [0.4, 0.5) is 0 Å². The molecule has 0 amide bonds. The molecule has 1 unspecified atom stereocenters. The second-order valence-electron chi connectivity index (χ2n) is 7.55. The summed E-state index contributed by atoms with van der Waals surface area (Å²) < 4.78 is 10.5. The Balaban J connectivity index is 2.12. The van der Waals surface area contributed by atoms with Crippen LogP contribution >= 0.6 is 8.58 Å². The minimum atomic E-state index is 0.0814. The van der Waals surface area contributed by atoms with Crippen LogP contribution in [0, 0.1) is 13.8 Å². The zero-order valence-electron chi connectivity index (χ0n) is 16.6. The Kier molecular flexibility index (Phi) is 6.97. The first kappa shape index (κ1) is 20.6. The summed E-state index contributed by atoms with van der Waals surface area (Å²) in [5.41, 5.74) is 4.52. The van der Waals surface area contributed by atoms with Crippen molar-refractivity contribution in [2.45, 2.75) is 40.0 Å². The van der Waals surface area contributed by atoms with Gasteiger partial charge in [0.2, 0.25) is 0 Å². The van der Waals surface area contributed by atoms with Crippen LogP contribution in [0.3, 0.4) is 0 Å². The van der Waals surface area contributed by atoms with E-state index in [0.29, 0.717) is 13.2 Å². The molecule has 1 atom stereocenters. The van der Waals surface area contributed by atoms with Gasteiger partial charge in [0, 0.05) is 12.7 Å². The molecule has 3 nitrogen and oxygen atoms in total. The summed E-state index contributed by atoms with van der Waals surface area (Å²) in [7, 11) is 1.76. The lowest BCUT2D eigenvalue weighted by Gasteiger charge is -2.22. The van der Waals surface area contributed by atoms with Crippen LogP contribution in [0.25, 0.3) is 0 Å². The van der Waals surface area contributed by atoms with Crippen molar-refractivity contribution in [3.05, 3.63) is 58.7 Å². The maximum absolute atomic E-state index is 12.9. The highest BCUT2D eigenvalue weighted by atomic mass is 31.1. The Morgan fingerprint density at radius 3 is 2.08 bits per heavy atom. The molecule has 0 aliphatic heterocycles. The molecular formula is C22H29O3P. The van der Waals surface area contributed by atoms with Gasteiger partial charge in [-0.05, 0) is 62.0 Å². The largest absolute Gasteiger partial charge is 0.491 e. The van der Waals surface area contributed by atoms with E-state index in [0.717, 1.165) is 27.7 Å². The minimum Gasteiger partial charge on any atom is -0.491 e. The summed E-state index contributed by atoms with van der Waals surface area (Å²) in [4.78, 5) is 12.9. The van der Waals surface area contributed by atoms with Gasteiger partial charge < -0.3 is 9.47 Å². The number of hydrogen-bond donors (Lipinski definition) is 0. The molecule has 0 radical (unpaired) electrons. The molecule has 0 bridgehead atoms.